The molecule has 9 heteroatoms. The zero-order valence-electron chi connectivity index (χ0n) is 19.8. The van der Waals surface area contributed by atoms with E-state index in [1.54, 1.807) is 30.7 Å². The van der Waals surface area contributed by atoms with Crippen LogP contribution >= 0.6 is 11.3 Å². The number of phenols is 1. The molecule has 5 aromatic rings. The van der Waals surface area contributed by atoms with E-state index < -0.39 is 5.97 Å². The number of phenolic OH excluding ortho intramolecular Hbond substituents is 1. The molecule has 0 amide bonds. The molecule has 0 saturated carbocycles. The molecule has 8 nitrogen and oxygen atoms in total. The highest BCUT2D eigenvalue weighted by Gasteiger charge is 2.12. The zero-order valence-corrected chi connectivity index (χ0v) is 20.6. The summed E-state index contributed by atoms with van der Waals surface area (Å²) in [4.78, 5) is 24.1. The molecule has 0 atom stereocenters. The van der Waals surface area contributed by atoms with Crippen LogP contribution in [0.25, 0.3) is 21.8 Å². The summed E-state index contributed by atoms with van der Waals surface area (Å²) in [6.45, 7) is 0.742. The molecule has 2 N–H and O–H groups in total. The van der Waals surface area contributed by atoms with Crippen LogP contribution in [0.1, 0.15) is 23.2 Å². The molecule has 3 aromatic heterocycles. The quantitative estimate of drug-likeness (QED) is 0.257. The van der Waals surface area contributed by atoms with Crippen LogP contribution in [0.4, 0.5) is 0 Å². The minimum Gasteiger partial charge on any atom is -0.508 e. The van der Waals surface area contributed by atoms with Gasteiger partial charge in [-0.3, -0.25) is 14.8 Å². The molecule has 0 bridgehead atoms. The first-order valence-corrected chi connectivity index (χ1v) is 12.5. The maximum Gasteiger partial charge on any atom is 0.303 e. The maximum atomic E-state index is 11.2. The van der Waals surface area contributed by atoms with E-state index in [4.69, 9.17) is 4.74 Å². The second kappa shape index (κ2) is 11.0. The third kappa shape index (κ3) is 6.20. The number of thiazole rings is 1. The first-order valence-electron chi connectivity index (χ1n) is 11.7. The number of carboxylic acid groups (broad SMARTS) is 1. The van der Waals surface area contributed by atoms with Gasteiger partial charge in [0.15, 0.2) is 0 Å². The summed E-state index contributed by atoms with van der Waals surface area (Å²) in [5, 5.41) is 22.2. The second-order valence-corrected chi connectivity index (χ2v) is 9.35. The lowest BCUT2D eigenvalue weighted by Gasteiger charge is -2.09. The van der Waals surface area contributed by atoms with Crippen molar-refractivity contribution >= 4 is 17.3 Å². The summed E-state index contributed by atoms with van der Waals surface area (Å²) < 4.78 is 7.94. The molecule has 3 heterocycles. The molecule has 2 aromatic carbocycles. The van der Waals surface area contributed by atoms with E-state index in [0.29, 0.717) is 24.4 Å². The van der Waals surface area contributed by atoms with Crippen molar-refractivity contribution in [1.29, 1.82) is 0 Å². The van der Waals surface area contributed by atoms with E-state index in [1.807, 2.05) is 58.7 Å². The van der Waals surface area contributed by atoms with Gasteiger partial charge in [0, 0.05) is 54.8 Å². The van der Waals surface area contributed by atoms with Crippen LogP contribution in [-0.4, -0.2) is 35.7 Å². The first kappa shape index (κ1) is 24.2. The lowest BCUT2D eigenvalue weighted by Crippen LogP contribution is -2.00. The Morgan fingerprint density at radius 1 is 1.08 bits per heavy atom. The maximum absolute atomic E-state index is 11.2. The summed E-state index contributed by atoms with van der Waals surface area (Å²) in [6.07, 6.45) is 9.40. The van der Waals surface area contributed by atoms with Gasteiger partial charge in [0.1, 0.15) is 28.8 Å². The summed E-state index contributed by atoms with van der Waals surface area (Å²) in [5.74, 6) is -0.191. The van der Waals surface area contributed by atoms with Crippen molar-refractivity contribution in [1.82, 2.24) is 19.5 Å². The van der Waals surface area contributed by atoms with Gasteiger partial charge in [0.25, 0.3) is 0 Å². The normalized spacial score (nSPS) is 10.9. The summed E-state index contributed by atoms with van der Waals surface area (Å²) >= 11 is 1.47. The van der Waals surface area contributed by atoms with E-state index in [2.05, 4.69) is 15.0 Å². The van der Waals surface area contributed by atoms with E-state index in [9.17, 15) is 15.0 Å². The molecule has 0 saturated heterocycles. The van der Waals surface area contributed by atoms with Crippen molar-refractivity contribution in [3.63, 3.8) is 0 Å². The van der Waals surface area contributed by atoms with E-state index in [1.165, 1.54) is 11.3 Å². The minimum atomic E-state index is -0.828. The van der Waals surface area contributed by atoms with Crippen LogP contribution in [0.2, 0.25) is 0 Å². The molecule has 5 rings (SSSR count). The zero-order chi connectivity index (χ0) is 25.6. The van der Waals surface area contributed by atoms with Gasteiger partial charge >= 0.3 is 5.97 Å². The predicted molar refractivity (Wildman–Crippen MR) is 141 cm³/mol. The smallest absolute Gasteiger partial charge is 0.303 e. The van der Waals surface area contributed by atoms with Crippen molar-refractivity contribution in [2.24, 2.45) is 0 Å². The molecular formula is C28H24N4O4S. The summed E-state index contributed by atoms with van der Waals surface area (Å²) in [5.41, 5.74) is 5.33. The Bertz CT molecular complexity index is 1500. The summed E-state index contributed by atoms with van der Waals surface area (Å²) in [7, 11) is 0. The van der Waals surface area contributed by atoms with E-state index in [0.717, 1.165) is 33.0 Å². The number of nitrogens with zero attached hydrogens (tertiary/aromatic N) is 4. The largest absolute Gasteiger partial charge is 0.508 e. The molecule has 186 valence electrons. The molecule has 37 heavy (non-hydrogen) atoms. The molecular weight excluding hydrogens is 488 g/mol. The van der Waals surface area contributed by atoms with Crippen molar-refractivity contribution < 1.29 is 19.7 Å². The minimum absolute atomic E-state index is 0.0587. The van der Waals surface area contributed by atoms with Crippen LogP contribution in [-0.2, 0) is 24.4 Å². The number of benzene rings is 2. The van der Waals surface area contributed by atoms with Crippen molar-refractivity contribution in [2.75, 3.05) is 0 Å². The Kier molecular flexibility index (Phi) is 7.23. The number of aliphatic carboxylic acids is 1. The number of ether oxygens (including phenoxy) is 1. The molecule has 0 unspecified atom stereocenters. The Labute approximate surface area is 217 Å². The topological polar surface area (TPSA) is 110 Å². The highest BCUT2D eigenvalue weighted by molar-refractivity contribution is 7.13. The van der Waals surface area contributed by atoms with Crippen LogP contribution in [0.15, 0.2) is 84.9 Å². The number of hydrogen-bond donors (Lipinski definition) is 2. The van der Waals surface area contributed by atoms with Gasteiger partial charge in [-0.1, -0.05) is 30.3 Å². The number of hydrogen-bond acceptors (Lipinski definition) is 7. The van der Waals surface area contributed by atoms with Gasteiger partial charge in [-0.05, 0) is 35.2 Å². The van der Waals surface area contributed by atoms with Crippen LogP contribution in [0, 0.1) is 0 Å². The third-order valence-electron chi connectivity index (χ3n) is 5.69. The Morgan fingerprint density at radius 2 is 1.95 bits per heavy atom. The molecule has 0 fully saturated rings. The van der Waals surface area contributed by atoms with E-state index in [-0.39, 0.29) is 18.8 Å². The third-order valence-corrected chi connectivity index (χ3v) is 6.61. The average Bonchev–Trinajstić information content (AvgIpc) is 3.54. The lowest BCUT2D eigenvalue weighted by molar-refractivity contribution is -0.136. The second-order valence-electron chi connectivity index (χ2n) is 8.49. The Balaban J connectivity index is 1.31. The molecule has 0 radical (unpaired) electrons. The predicted octanol–water partition coefficient (Wildman–Crippen LogP) is 5.42. The van der Waals surface area contributed by atoms with Gasteiger partial charge in [-0.15, -0.1) is 11.3 Å². The van der Waals surface area contributed by atoms with Gasteiger partial charge < -0.3 is 19.5 Å². The fraction of sp³-hybridized carbons (Fsp3) is 0.143. The van der Waals surface area contributed by atoms with Crippen LogP contribution in [0.5, 0.6) is 11.5 Å². The van der Waals surface area contributed by atoms with Gasteiger partial charge in [0.2, 0.25) is 0 Å². The number of aromatic hydroxyl groups is 1. The number of rotatable bonds is 10. The number of aromatic nitrogens is 4. The lowest BCUT2D eigenvalue weighted by atomic mass is 10.0. The molecule has 0 aliphatic carbocycles. The average molecular weight is 513 g/mol. The standard InChI is InChI=1S/C28H24N4O4S/c33-23-10-19(11-24(12-23)36-17-22-18-37-28(31-22)26-13-29-8-9-30-26)14-32-15-21(6-7-27(34)35)25(16-32)20-4-2-1-3-5-20/h1-5,8-13,15-16,18,33H,6-7,14,17H2,(H,34,35). The fourth-order valence-electron chi connectivity index (χ4n) is 4.05. The number of aryl methyl sites for hydroxylation is 1. The van der Waals surface area contributed by atoms with Crippen molar-refractivity contribution in [3.8, 4) is 33.3 Å². The van der Waals surface area contributed by atoms with Gasteiger partial charge in [-0.25, -0.2) is 4.98 Å². The number of carbonyl (C=O) groups is 1. The SMILES string of the molecule is O=C(O)CCc1cn(Cc2cc(O)cc(OCc3csc(-c4cnccn4)n3)c2)cc1-c1ccccc1. The highest BCUT2D eigenvalue weighted by atomic mass is 32.1. The number of carboxylic acids is 1. The molecule has 0 aliphatic rings. The summed E-state index contributed by atoms with van der Waals surface area (Å²) in [6, 6.07) is 15.1. The Hall–Kier alpha value is -4.50. The fourth-order valence-corrected chi connectivity index (χ4v) is 4.82. The van der Waals surface area contributed by atoms with Gasteiger partial charge in [-0.2, -0.15) is 0 Å². The highest BCUT2D eigenvalue weighted by Crippen LogP contribution is 2.29. The molecule has 0 aliphatic heterocycles. The first-order chi connectivity index (χ1) is 18.0. The van der Waals surface area contributed by atoms with Crippen LogP contribution < -0.4 is 4.74 Å². The van der Waals surface area contributed by atoms with Crippen molar-refractivity contribution in [3.05, 3.63) is 102 Å². The van der Waals surface area contributed by atoms with Crippen LogP contribution in [0.3, 0.4) is 0 Å². The van der Waals surface area contributed by atoms with E-state index >= 15 is 0 Å². The van der Waals surface area contributed by atoms with Crippen molar-refractivity contribution in [2.45, 2.75) is 26.0 Å². The Morgan fingerprint density at radius 3 is 2.73 bits per heavy atom. The van der Waals surface area contributed by atoms with Gasteiger partial charge in [0.05, 0.1) is 11.9 Å². The monoisotopic (exact) mass is 512 g/mol. The molecule has 0 spiro atoms.